The molecule has 1 atom stereocenters. The molecule has 1 N–H and O–H groups in total. The Morgan fingerprint density at radius 2 is 1.72 bits per heavy atom. The number of hydrogen-bond acceptors (Lipinski definition) is 2. The monoisotopic (exact) mass is 441 g/mol. The van der Waals surface area contributed by atoms with Gasteiger partial charge in [0.1, 0.15) is 5.41 Å². The van der Waals surface area contributed by atoms with Crippen molar-refractivity contribution in [1.82, 2.24) is 0 Å². The second kappa shape index (κ2) is 7.03. The molecule has 2 aliphatic rings. The molecule has 29 heavy (non-hydrogen) atoms. The number of alkyl halides is 3. The Hall–Kier alpha value is -2.05. The molecule has 1 aliphatic carbocycles. The molecule has 0 amide bonds. The van der Waals surface area contributed by atoms with Crippen molar-refractivity contribution in [3.05, 3.63) is 68.2 Å². The molecule has 2 aromatic carbocycles. The molecule has 4 rings (SSSR count). The lowest BCUT2D eigenvalue weighted by Crippen LogP contribution is -2.43. The average Bonchev–Trinajstić information content (AvgIpc) is 3.27. The number of aliphatic imine (C=N–C) groups is 1. The van der Waals surface area contributed by atoms with Crippen LogP contribution in [0, 0.1) is 0 Å². The highest BCUT2D eigenvalue weighted by molar-refractivity contribution is 6.34. The smallest absolute Gasteiger partial charge is 0.400 e. The second-order valence-corrected chi connectivity index (χ2v) is 8.33. The van der Waals surface area contributed by atoms with Crippen LogP contribution in [0.25, 0.3) is 0 Å². The summed E-state index contributed by atoms with van der Waals surface area (Å²) < 4.78 is 42.8. The standard InChI is InChI=1S/C21H16Cl2F3NO2/c22-12-6-11(7-13(23)8-12)20(21(24,25)26)9-18(27-10-20)16-4-5-17(19(28)29)15-3-1-2-14(15)16/h4-8H,1-3,9-10H2,(H,28,29). The van der Waals surface area contributed by atoms with Crippen LogP contribution < -0.4 is 0 Å². The number of halogens is 5. The zero-order valence-corrected chi connectivity index (χ0v) is 16.6. The van der Waals surface area contributed by atoms with Crippen LogP contribution in [0.15, 0.2) is 35.3 Å². The maximum Gasteiger partial charge on any atom is 0.400 e. The van der Waals surface area contributed by atoms with Gasteiger partial charge in [-0.3, -0.25) is 4.99 Å². The number of nitrogens with zero attached hydrogens (tertiary/aromatic N) is 1. The molecule has 152 valence electrons. The van der Waals surface area contributed by atoms with Crippen LogP contribution >= 0.6 is 23.2 Å². The molecule has 0 saturated heterocycles. The van der Waals surface area contributed by atoms with Gasteiger partial charge in [-0.1, -0.05) is 29.3 Å². The zero-order valence-electron chi connectivity index (χ0n) is 15.1. The minimum absolute atomic E-state index is 0.0138. The summed E-state index contributed by atoms with van der Waals surface area (Å²) in [4.78, 5) is 15.7. The summed E-state index contributed by atoms with van der Waals surface area (Å²) >= 11 is 11.9. The van der Waals surface area contributed by atoms with Gasteiger partial charge in [-0.15, -0.1) is 0 Å². The molecular weight excluding hydrogens is 426 g/mol. The summed E-state index contributed by atoms with van der Waals surface area (Å²) in [6.45, 7) is -0.460. The number of hydrogen-bond donors (Lipinski definition) is 1. The normalized spacial score (nSPS) is 21.2. The van der Waals surface area contributed by atoms with E-state index >= 15 is 0 Å². The van der Waals surface area contributed by atoms with E-state index in [1.54, 1.807) is 6.07 Å². The van der Waals surface area contributed by atoms with E-state index in [1.165, 1.54) is 24.3 Å². The largest absolute Gasteiger partial charge is 0.478 e. The van der Waals surface area contributed by atoms with Crippen LogP contribution in [0.1, 0.15) is 45.5 Å². The molecule has 0 radical (unpaired) electrons. The lowest BCUT2D eigenvalue weighted by Gasteiger charge is -2.32. The van der Waals surface area contributed by atoms with Crippen molar-refractivity contribution >= 4 is 34.9 Å². The molecule has 0 saturated carbocycles. The topological polar surface area (TPSA) is 49.7 Å². The van der Waals surface area contributed by atoms with E-state index in [2.05, 4.69) is 4.99 Å². The highest BCUT2D eigenvalue weighted by Crippen LogP contribution is 2.49. The fourth-order valence-corrected chi connectivity index (χ4v) is 4.89. The van der Waals surface area contributed by atoms with Gasteiger partial charge < -0.3 is 5.11 Å². The molecule has 8 heteroatoms. The van der Waals surface area contributed by atoms with Gasteiger partial charge in [-0.2, -0.15) is 13.2 Å². The van der Waals surface area contributed by atoms with Gasteiger partial charge in [0.2, 0.25) is 0 Å². The Balaban J connectivity index is 1.79. The van der Waals surface area contributed by atoms with Crippen LogP contribution in [0.3, 0.4) is 0 Å². The summed E-state index contributed by atoms with van der Waals surface area (Å²) in [5.41, 5.74) is 0.436. The molecule has 1 heterocycles. The number of benzene rings is 2. The fraction of sp³-hybridized carbons (Fsp3) is 0.333. The first-order valence-electron chi connectivity index (χ1n) is 9.07. The summed E-state index contributed by atoms with van der Waals surface area (Å²) in [7, 11) is 0. The number of carbonyl (C=O) groups is 1. The summed E-state index contributed by atoms with van der Waals surface area (Å²) in [5, 5.41) is 9.66. The Labute approximate surface area is 175 Å². The Morgan fingerprint density at radius 3 is 2.34 bits per heavy atom. The van der Waals surface area contributed by atoms with Crippen LogP contribution in [0.2, 0.25) is 10.0 Å². The van der Waals surface area contributed by atoms with Crippen molar-refractivity contribution in [2.24, 2.45) is 4.99 Å². The first-order valence-corrected chi connectivity index (χ1v) is 9.83. The van der Waals surface area contributed by atoms with Crippen LogP contribution in [0.4, 0.5) is 13.2 Å². The van der Waals surface area contributed by atoms with E-state index in [-0.39, 0.29) is 27.6 Å². The lowest BCUT2D eigenvalue weighted by atomic mass is 9.76. The van der Waals surface area contributed by atoms with Crippen molar-refractivity contribution in [1.29, 1.82) is 0 Å². The van der Waals surface area contributed by atoms with Crippen molar-refractivity contribution in [2.45, 2.75) is 37.3 Å². The molecule has 2 aromatic rings. The van der Waals surface area contributed by atoms with Gasteiger partial charge in [0.05, 0.1) is 12.1 Å². The van der Waals surface area contributed by atoms with E-state index in [9.17, 15) is 23.1 Å². The average molecular weight is 442 g/mol. The molecule has 0 fully saturated rings. The van der Waals surface area contributed by atoms with E-state index in [4.69, 9.17) is 23.2 Å². The van der Waals surface area contributed by atoms with E-state index in [0.717, 1.165) is 12.0 Å². The molecule has 0 bridgehead atoms. The highest BCUT2D eigenvalue weighted by atomic mass is 35.5. The third-order valence-corrected chi connectivity index (χ3v) is 6.23. The van der Waals surface area contributed by atoms with Crippen LogP contribution in [0.5, 0.6) is 0 Å². The predicted molar refractivity (Wildman–Crippen MR) is 106 cm³/mol. The summed E-state index contributed by atoms with van der Waals surface area (Å²) in [6.07, 6.45) is -2.89. The zero-order chi connectivity index (χ0) is 21.0. The second-order valence-electron chi connectivity index (χ2n) is 7.45. The van der Waals surface area contributed by atoms with E-state index in [0.29, 0.717) is 29.7 Å². The maximum atomic E-state index is 14.3. The van der Waals surface area contributed by atoms with Crippen molar-refractivity contribution in [2.75, 3.05) is 6.54 Å². The van der Waals surface area contributed by atoms with Crippen molar-refractivity contribution in [3.63, 3.8) is 0 Å². The van der Waals surface area contributed by atoms with Gasteiger partial charge in [-0.05, 0) is 65.8 Å². The fourth-order valence-electron chi connectivity index (χ4n) is 4.36. The van der Waals surface area contributed by atoms with Gasteiger partial charge in [0.25, 0.3) is 0 Å². The first-order chi connectivity index (χ1) is 13.6. The predicted octanol–water partition coefficient (Wildman–Crippen LogP) is 5.87. The molecule has 1 aliphatic heterocycles. The summed E-state index contributed by atoms with van der Waals surface area (Å²) in [6, 6.07) is 7.03. The van der Waals surface area contributed by atoms with Gasteiger partial charge in [0.15, 0.2) is 0 Å². The van der Waals surface area contributed by atoms with Gasteiger partial charge in [0, 0.05) is 22.2 Å². The molecule has 1 unspecified atom stereocenters. The Bertz CT molecular complexity index is 1030. The molecular formula is C21H16Cl2F3NO2. The molecule has 3 nitrogen and oxygen atoms in total. The highest BCUT2D eigenvalue weighted by Gasteiger charge is 2.58. The minimum Gasteiger partial charge on any atom is -0.478 e. The Kier molecular flexibility index (Phi) is 4.90. The van der Waals surface area contributed by atoms with Crippen LogP contribution in [-0.2, 0) is 18.3 Å². The maximum absolute atomic E-state index is 14.3. The third-order valence-electron chi connectivity index (χ3n) is 5.79. The number of rotatable bonds is 3. The third kappa shape index (κ3) is 3.32. The van der Waals surface area contributed by atoms with E-state index in [1.807, 2.05) is 0 Å². The number of carboxylic acids is 1. The first kappa shape index (κ1) is 20.2. The molecule has 0 aromatic heterocycles. The number of fused-ring (bicyclic) bond motifs is 1. The number of aromatic carboxylic acids is 1. The van der Waals surface area contributed by atoms with Gasteiger partial charge in [-0.25, -0.2) is 4.79 Å². The van der Waals surface area contributed by atoms with Crippen molar-refractivity contribution in [3.8, 4) is 0 Å². The quantitative estimate of drug-likeness (QED) is 0.646. The minimum atomic E-state index is -4.56. The SMILES string of the molecule is O=C(O)c1ccc(C2=NCC(c3cc(Cl)cc(Cl)c3)(C(F)(F)F)C2)c2c1CCC2. The Morgan fingerprint density at radius 1 is 1.07 bits per heavy atom. The van der Waals surface area contributed by atoms with Crippen molar-refractivity contribution < 1.29 is 23.1 Å². The molecule has 0 spiro atoms. The summed E-state index contributed by atoms with van der Waals surface area (Å²) in [5.74, 6) is -1.03. The lowest BCUT2D eigenvalue weighted by molar-refractivity contribution is -0.183. The van der Waals surface area contributed by atoms with Crippen LogP contribution in [-0.4, -0.2) is 29.5 Å². The van der Waals surface area contributed by atoms with Gasteiger partial charge >= 0.3 is 12.1 Å². The number of carboxylic acid groups (broad SMARTS) is 1. The van der Waals surface area contributed by atoms with E-state index < -0.39 is 24.1 Å².